The van der Waals surface area contributed by atoms with E-state index in [1.165, 1.54) is 24.3 Å². The van der Waals surface area contributed by atoms with Crippen LogP contribution in [-0.4, -0.2) is 15.7 Å². The summed E-state index contributed by atoms with van der Waals surface area (Å²) in [4.78, 5) is 11.6. The van der Waals surface area contributed by atoms with Crippen LogP contribution in [0.3, 0.4) is 0 Å². The molecule has 1 N–H and O–H groups in total. The minimum absolute atomic E-state index is 0.139. The highest BCUT2D eigenvalue weighted by atomic mass is 127. The molecular weight excluding hydrogens is 336 g/mol. The van der Waals surface area contributed by atoms with Gasteiger partial charge >= 0.3 is 0 Å². The van der Waals surface area contributed by atoms with Gasteiger partial charge in [-0.15, -0.1) is 0 Å². The molecule has 0 saturated heterocycles. The number of amides is 1. The van der Waals surface area contributed by atoms with Gasteiger partial charge < -0.3 is 5.32 Å². The van der Waals surface area contributed by atoms with E-state index in [1.54, 1.807) is 17.1 Å². The largest absolute Gasteiger partial charge is 0.324 e. The van der Waals surface area contributed by atoms with Crippen molar-refractivity contribution in [2.24, 2.45) is 0 Å². The molecule has 0 bridgehead atoms. The van der Waals surface area contributed by atoms with Gasteiger partial charge in [-0.05, 0) is 46.9 Å². The van der Waals surface area contributed by atoms with Crippen LogP contribution in [0, 0.1) is 9.39 Å². The normalized spacial score (nSPS) is 10.2. The Morgan fingerprint density at radius 1 is 1.41 bits per heavy atom. The van der Waals surface area contributed by atoms with Gasteiger partial charge in [-0.3, -0.25) is 9.48 Å². The molecule has 0 aliphatic carbocycles. The van der Waals surface area contributed by atoms with Gasteiger partial charge in [-0.25, -0.2) is 4.39 Å². The number of carbonyl (C=O) groups is 1. The Labute approximate surface area is 111 Å². The van der Waals surface area contributed by atoms with Crippen molar-refractivity contribution in [2.75, 3.05) is 5.32 Å². The van der Waals surface area contributed by atoms with Gasteiger partial charge in [0.1, 0.15) is 12.4 Å². The third kappa shape index (κ3) is 3.52. The van der Waals surface area contributed by atoms with E-state index in [2.05, 4.69) is 33.0 Å². The molecule has 6 heteroatoms. The van der Waals surface area contributed by atoms with Crippen LogP contribution in [0.4, 0.5) is 10.1 Å². The molecule has 88 valence electrons. The Balaban J connectivity index is 1.95. The molecule has 4 nitrogen and oxygen atoms in total. The van der Waals surface area contributed by atoms with Crippen LogP contribution >= 0.6 is 22.6 Å². The van der Waals surface area contributed by atoms with E-state index >= 15 is 0 Å². The predicted octanol–water partition coefficient (Wildman–Crippen LogP) is 2.27. The molecule has 17 heavy (non-hydrogen) atoms. The third-order valence-electron chi connectivity index (χ3n) is 2.04. The lowest BCUT2D eigenvalue weighted by atomic mass is 10.3. The van der Waals surface area contributed by atoms with Gasteiger partial charge in [-0.2, -0.15) is 5.10 Å². The number of nitrogens with zero attached hydrogens (tertiary/aromatic N) is 2. The zero-order valence-electron chi connectivity index (χ0n) is 8.73. The van der Waals surface area contributed by atoms with E-state index in [1.807, 2.05) is 0 Å². The fourth-order valence-electron chi connectivity index (χ4n) is 1.31. The number of aromatic nitrogens is 2. The van der Waals surface area contributed by atoms with Gasteiger partial charge in [0.05, 0.1) is 9.77 Å². The van der Waals surface area contributed by atoms with Crippen molar-refractivity contribution in [3.05, 3.63) is 46.0 Å². The number of hydrogen-bond acceptors (Lipinski definition) is 2. The second kappa shape index (κ2) is 5.26. The Morgan fingerprint density at radius 2 is 2.12 bits per heavy atom. The maximum absolute atomic E-state index is 12.6. The van der Waals surface area contributed by atoms with Gasteiger partial charge in [0.15, 0.2) is 0 Å². The van der Waals surface area contributed by atoms with Crippen molar-refractivity contribution in [1.29, 1.82) is 0 Å². The Bertz CT molecular complexity index is 524. The van der Waals surface area contributed by atoms with Crippen molar-refractivity contribution < 1.29 is 9.18 Å². The molecule has 0 unspecified atom stereocenters. The van der Waals surface area contributed by atoms with Crippen LogP contribution in [0.25, 0.3) is 0 Å². The molecule has 1 aromatic heterocycles. The quantitative estimate of drug-likeness (QED) is 0.868. The van der Waals surface area contributed by atoms with Crippen molar-refractivity contribution >= 4 is 34.2 Å². The number of nitrogens with one attached hydrogen (secondary N) is 1. The summed E-state index contributed by atoms with van der Waals surface area (Å²) >= 11 is 2.12. The highest BCUT2D eigenvalue weighted by Crippen LogP contribution is 2.08. The Kier molecular flexibility index (Phi) is 3.72. The monoisotopic (exact) mass is 345 g/mol. The lowest BCUT2D eigenvalue weighted by Gasteiger charge is -2.04. The highest BCUT2D eigenvalue weighted by Gasteiger charge is 2.04. The fourth-order valence-corrected chi connectivity index (χ4v) is 1.75. The Morgan fingerprint density at radius 3 is 2.71 bits per heavy atom. The zero-order valence-corrected chi connectivity index (χ0v) is 10.9. The molecular formula is C11H9FIN3O. The summed E-state index contributed by atoms with van der Waals surface area (Å²) in [7, 11) is 0. The zero-order chi connectivity index (χ0) is 12.3. The predicted molar refractivity (Wildman–Crippen MR) is 70.0 cm³/mol. The maximum atomic E-state index is 12.6. The van der Waals surface area contributed by atoms with E-state index in [0.29, 0.717) is 5.69 Å². The standard InChI is InChI=1S/C11H9FIN3O/c12-8-1-3-10(4-2-8)15-11(17)7-16-6-9(13)5-14-16/h1-6H,7H2,(H,15,17). The number of hydrogen-bond donors (Lipinski definition) is 1. The maximum Gasteiger partial charge on any atom is 0.246 e. The molecule has 0 spiro atoms. The minimum Gasteiger partial charge on any atom is -0.324 e. The third-order valence-corrected chi connectivity index (χ3v) is 2.59. The number of halogens is 2. The summed E-state index contributed by atoms with van der Waals surface area (Å²) in [6.07, 6.45) is 3.44. The van der Waals surface area contributed by atoms with Crippen LogP contribution in [0.15, 0.2) is 36.7 Å². The average molecular weight is 345 g/mol. The van der Waals surface area contributed by atoms with Crippen LogP contribution in [0.5, 0.6) is 0 Å². The van der Waals surface area contributed by atoms with Crippen molar-refractivity contribution in [3.63, 3.8) is 0 Å². The lowest BCUT2D eigenvalue weighted by molar-refractivity contribution is -0.116. The molecule has 2 aromatic rings. The molecule has 1 amide bonds. The smallest absolute Gasteiger partial charge is 0.246 e. The number of benzene rings is 1. The molecule has 0 saturated carbocycles. The number of rotatable bonds is 3. The van der Waals surface area contributed by atoms with Gasteiger partial charge in [-0.1, -0.05) is 0 Å². The fraction of sp³-hybridized carbons (Fsp3) is 0.0909. The second-order valence-electron chi connectivity index (χ2n) is 3.41. The van der Waals surface area contributed by atoms with Crippen LogP contribution in [-0.2, 0) is 11.3 Å². The van der Waals surface area contributed by atoms with E-state index in [4.69, 9.17) is 0 Å². The van der Waals surface area contributed by atoms with Crippen LogP contribution in [0.2, 0.25) is 0 Å². The van der Waals surface area contributed by atoms with Crippen molar-refractivity contribution in [3.8, 4) is 0 Å². The SMILES string of the molecule is O=C(Cn1cc(I)cn1)Nc1ccc(F)cc1. The van der Waals surface area contributed by atoms with Gasteiger partial charge in [0.2, 0.25) is 5.91 Å². The van der Waals surface area contributed by atoms with E-state index in [-0.39, 0.29) is 18.3 Å². The summed E-state index contributed by atoms with van der Waals surface area (Å²) < 4.78 is 15.2. The number of anilines is 1. The Hall–Kier alpha value is -1.44. The average Bonchev–Trinajstić information content (AvgIpc) is 2.67. The molecule has 0 aliphatic rings. The van der Waals surface area contributed by atoms with E-state index in [0.717, 1.165) is 3.57 Å². The van der Waals surface area contributed by atoms with Crippen LogP contribution in [0.1, 0.15) is 0 Å². The summed E-state index contributed by atoms with van der Waals surface area (Å²) in [5.41, 5.74) is 0.568. The van der Waals surface area contributed by atoms with E-state index < -0.39 is 0 Å². The molecule has 0 aliphatic heterocycles. The second-order valence-corrected chi connectivity index (χ2v) is 4.66. The van der Waals surface area contributed by atoms with E-state index in [9.17, 15) is 9.18 Å². The van der Waals surface area contributed by atoms with Crippen molar-refractivity contribution in [2.45, 2.75) is 6.54 Å². The highest BCUT2D eigenvalue weighted by molar-refractivity contribution is 14.1. The topological polar surface area (TPSA) is 46.9 Å². The van der Waals surface area contributed by atoms with Gasteiger partial charge in [0.25, 0.3) is 0 Å². The lowest BCUT2D eigenvalue weighted by Crippen LogP contribution is -2.18. The summed E-state index contributed by atoms with van der Waals surface area (Å²) in [5.74, 6) is -0.527. The molecule has 0 radical (unpaired) electrons. The first kappa shape index (κ1) is 12.0. The first-order valence-corrected chi connectivity index (χ1v) is 5.95. The summed E-state index contributed by atoms with van der Waals surface area (Å²) in [6.45, 7) is 0.139. The first-order valence-electron chi connectivity index (χ1n) is 4.87. The minimum atomic E-state index is -0.329. The number of carbonyl (C=O) groups excluding carboxylic acids is 1. The molecule has 2 rings (SSSR count). The summed E-state index contributed by atoms with van der Waals surface area (Å²) in [6, 6.07) is 5.62. The first-order chi connectivity index (χ1) is 8.13. The van der Waals surface area contributed by atoms with Crippen LogP contribution < -0.4 is 5.32 Å². The molecule has 0 atom stereocenters. The molecule has 1 aromatic carbocycles. The summed E-state index contributed by atoms with van der Waals surface area (Å²) in [5, 5.41) is 6.66. The molecule has 1 heterocycles. The molecule has 0 fully saturated rings. The van der Waals surface area contributed by atoms with Gasteiger partial charge in [0, 0.05) is 11.9 Å². The van der Waals surface area contributed by atoms with Crippen molar-refractivity contribution in [1.82, 2.24) is 9.78 Å².